The normalized spacial score (nSPS) is 11.7. The number of unbranched alkanes of at least 4 members (excludes halogenated alkanes) is 1. The Kier molecular flexibility index (Phi) is 6.80. The van der Waals surface area contributed by atoms with Gasteiger partial charge in [-0.25, -0.2) is 4.79 Å². The molecule has 0 N–H and O–H groups in total. The van der Waals surface area contributed by atoms with Crippen LogP contribution in [0.15, 0.2) is 5.16 Å². The number of carbonyl (C=O) groups excluding carboxylic acids is 1. The van der Waals surface area contributed by atoms with Gasteiger partial charge in [0.05, 0.1) is 12.8 Å². The Labute approximate surface area is 85.3 Å². The average Bonchev–Trinajstić information content (AvgIpc) is 2.16. The molecule has 0 aliphatic rings. The molecule has 1 unspecified atom stereocenters. The average molecular weight is 201 g/mol. The summed E-state index contributed by atoms with van der Waals surface area (Å²) in [5.74, 6) is -0.358. The molecule has 1 atom stereocenters. The first-order valence-electron chi connectivity index (χ1n) is 4.86. The lowest BCUT2D eigenvalue weighted by Crippen LogP contribution is -2.24. The molecule has 0 radical (unpaired) electrons. The fourth-order valence-corrected chi connectivity index (χ4v) is 0.904. The number of nitrogens with zero attached hydrogens (tertiary/aromatic N) is 1. The van der Waals surface area contributed by atoms with Gasteiger partial charge in [-0.3, -0.25) is 0 Å². The van der Waals surface area contributed by atoms with Crippen LogP contribution in [0.25, 0.3) is 0 Å². The van der Waals surface area contributed by atoms with Crippen molar-refractivity contribution in [2.24, 2.45) is 5.16 Å². The van der Waals surface area contributed by atoms with E-state index >= 15 is 0 Å². The van der Waals surface area contributed by atoms with Crippen LogP contribution in [0.2, 0.25) is 0 Å². The third kappa shape index (κ3) is 5.56. The van der Waals surface area contributed by atoms with Gasteiger partial charge < -0.3 is 9.57 Å². The molecule has 0 aromatic heterocycles. The highest BCUT2D eigenvalue weighted by Crippen LogP contribution is 2.07. The molecule has 0 aliphatic carbocycles. The molecular weight excluding hydrogens is 182 g/mol. The van der Waals surface area contributed by atoms with E-state index in [9.17, 15) is 4.79 Å². The first kappa shape index (κ1) is 12.9. The Morgan fingerprint density at radius 3 is 2.50 bits per heavy atom. The number of oxime groups is 1. The van der Waals surface area contributed by atoms with E-state index in [1.807, 2.05) is 13.8 Å². The van der Waals surface area contributed by atoms with Crippen LogP contribution in [0.4, 0.5) is 0 Å². The summed E-state index contributed by atoms with van der Waals surface area (Å²) in [4.78, 5) is 16.3. The molecule has 82 valence electrons. The molecule has 0 spiro atoms. The Balaban J connectivity index is 4.10. The minimum absolute atomic E-state index is 0.358. The predicted molar refractivity (Wildman–Crippen MR) is 55.2 cm³/mol. The van der Waals surface area contributed by atoms with Gasteiger partial charge in [-0.2, -0.15) is 0 Å². The summed E-state index contributed by atoms with van der Waals surface area (Å²) in [6.45, 7) is 5.69. The molecular formula is C10H19NO3. The summed E-state index contributed by atoms with van der Waals surface area (Å²) in [6, 6.07) is 0. The van der Waals surface area contributed by atoms with Crippen LogP contribution in [0, 0.1) is 0 Å². The fraction of sp³-hybridized carbons (Fsp3) is 0.800. The molecule has 14 heavy (non-hydrogen) atoms. The number of carbonyl (C=O) groups is 1. The van der Waals surface area contributed by atoms with Gasteiger partial charge in [-0.05, 0) is 26.7 Å². The van der Waals surface area contributed by atoms with Crippen LogP contribution >= 0.6 is 0 Å². The molecule has 0 fully saturated rings. The van der Waals surface area contributed by atoms with E-state index in [1.54, 1.807) is 0 Å². The van der Waals surface area contributed by atoms with Crippen molar-refractivity contribution >= 4 is 11.7 Å². The van der Waals surface area contributed by atoms with Gasteiger partial charge in [0.15, 0.2) is 0 Å². The van der Waals surface area contributed by atoms with Crippen molar-refractivity contribution in [3.63, 3.8) is 0 Å². The van der Waals surface area contributed by atoms with Crippen molar-refractivity contribution in [1.82, 2.24) is 0 Å². The lowest BCUT2D eigenvalue weighted by molar-refractivity contribution is -0.154. The fourth-order valence-electron chi connectivity index (χ4n) is 0.904. The molecule has 0 saturated carbocycles. The second kappa shape index (κ2) is 7.35. The Bertz CT molecular complexity index is 198. The van der Waals surface area contributed by atoms with E-state index < -0.39 is 6.10 Å². The molecule has 4 heteroatoms. The number of methoxy groups -OCH3 is 1. The van der Waals surface area contributed by atoms with Crippen molar-refractivity contribution in [2.45, 2.75) is 46.1 Å². The summed E-state index contributed by atoms with van der Waals surface area (Å²) in [5, 5.41) is 3.76. The van der Waals surface area contributed by atoms with E-state index in [0.717, 1.165) is 18.6 Å². The van der Waals surface area contributed by atoms with Crippen LogP contribution in [0.5, 0.6) is 0 Å². The van der Waals surface area contributed by atoms with E-state index in [0.29, 0.717) is 6.42 Å². The van der Waals surface area contributed by atoms with Crippen molar-refractivity contribution < 1.29 is 14.4 Å². The highest BCUT2D eigenvalue weighted by atomic mass is 16.7. The lowest BCUT2D eigenvalue weighted by Gasteiger charge is -2.11. The molecule has 0 saturated heterocycles. The Morgan fingerprint density at radius 1 is 1.43 bits per heavy atom. The zero-order valence-electron chi connectivity index (χ0n) is 9.37. The second-order valence-electron chi connectivity index (χ2n) is 3.30. The third-order valence-electron chi connectivity index (χ3n) is 1.65. The molecule has 0 aromatic carbocycles. The minimum Gasteiger partial charge on any atom is -0.466 e. The number of rotatable bonds is 6. The van der Waals surface area contributed by atoms with E-state index in [1.165, 1.54) is 7.11 Å². The van der Waals surface area contributed by atoms with Crippen molar-refractivity contribution in [3.05, 3.63) is 0 Å². The van der Waals surface area contributed by atoms with Gasteiger partial charge >= 0.3 is 5.97 Å². The quantitative estimate of drug-likeness (QED) is 0.376. The number of hydrogen-bond donors (Lipinski definition) is 0. The van der Waals surface area contributed by atoms with E-state index in [-0.39, 0.29) is 5.97 Å². The summed E-state index contributed by atoms with van der Waals surface area (Å²) in [5.41, 5.74) is 0.787. The van der Waals surface area contributed by atoms with Crippen molar-refractivity contribution in [3.8, 4) is 0 Å². The van der Waals surface area contributed by atoms with Crippen LogP contribution in [-0.2, 0) is 14.4 Å². The van der Waals surface area contributed by atoms with Crippen LogP contribution in [0.1, 0.15) is 40.0 Å². The molecule has 4 nitrogen and oxygen atoms in total. The second-order valence-corrected chi connectivity index (χ2v) is 3.30. The molecule has 0 bridgehead atoms. The van der Waals surface area contributed by atoms with Crippen LogP contribution in [-0.4, -0.2) is 24.9 Å². The largest absolute Gasteiger partial charge is 0.466 e. The predicted octanol–water partition coefficient (Wildman–Crippen LogP) is 2.13. The molecule has 0 aliphatic heterocycles. The van der Waals surface area contributed by atoms with E-state index in [4.69, 9.17) is 4.84 Å². The third-order valence-corrected chi connectivity index (χ3v) is 1.65. The van der Waals surface area contributed by atoms with Crippen molar-refractivity contribution in [2.75, 3.05) is 7.11 Å². The molecule has 0 rings (SSSR count). The highest BCUT2D eigenvalue weighted by Gasteiger charge is 2.20. The summed E-state index contributed by atoms with van der Waals surface area (Å²) >= 11 is 0. The van der Waals surface area contributed by atoms with Gasteiger partial charge in [0.2, 0.25) is 6.10 Å². The van der Waals surface area contributed by atoms with Gasteiger partial charge in [0, 0.05) is 0 Å². The van der Waals surface area contributed by atoms with Crippen LogP contribution < -0.4 is 0 Å². The molecule has 0 heterocycles. The SMILES string of the molecule is CCCCC(ON=C(C)C)C(=O)OC. The summed E-state index contributed by atoms with van der Waals surface area (Å²) in [7, 11) is 1.35. The lowest BCUT2D eigenvalue weighted by atomic mass is 10.2. The minimum atomic E-state index is -0.560. The van der Waals surface area contributed by atoms with Gasteiger partial charge in [0.1, 0.15) is 0 Å². The van der Waals surface area contributed by atoms with Gasteiger partial charge in [-0.1, -0.05) is 18.5 Å². The standard InChI is InChI=1S/C10H19NO3/c1-5-6-7-9(10(12)13-4)14-11-8(2)3/h9H,5-7H2,1-4H3. The first-order chi connectivity index (χ1) is 6.61. The van der Waals surface area contributed by atoms with Gasteiger partial charge in [-0.15, -0.1) is 0 Å². The first-order valence-corrected chi connectivity index (χ1v) is 4.86. The Hall–Kier alpha value is -1.06. The van der Waals surface area contributed by atoms with Crippen LogP contribution in [0.3, 0.4) is 0 Å². The topological polar surface area (TPSA) is 47.9 Å². The number of esters is 1. The number of ether oxygens (including phenoxy) is 1. The summed E-state index contributed by atoms with van der Waals surface area (Å²) in [6.07, 6.45) is 2.04. The summed E-state index contributed by atoms with van der Waals surface area (Å²) < 4.78 is 4.61. The highest BCUT2D eigenvalue weighted by molar-refractivity contribution is 5.79. The van der Waals surface area contributed by atoms with Gasteiger partial charge in [0.25, 0.3) is 0 Å². The smallest absolute Gasteiger partial charge is 0.349 e. The molecule has 0 aromatic rings. The van der Waals surface area contributed by atoms with E-state index in [2.05, 4.69) is 16.8 Å². The zero-order chi connectivity index (χ0) is 11.0. The molecule has 0 amide bonds. The van der Waals surface area contributed by atoms with Crippen molar-refractivity contribution in [1.29, 1.82) is 0 Å². The Morgan fingerprint density at radius 2 is 2.07 bits per heavy atom. The number of hydrogen-bond acceptors (Lipinski definition) is 4. The zero-order valence-corrected chi connectivity index (χ0v) is 9.37. The maximum atomic E-state index is 11.2. The maximum Gasteiger partial charge on any atom is 0.349 e. The monoisotopic (exact) mass is 201 g/mol. The maximum absolute atomic E-state index is 11.2.